The molecule has 0 atom stereocenters. The molecule has 1 aromatic heterocycles. The molecule has 0 spiro atoms. The van der Waals surface area contributed by atoms with Crippen LogP contribution in [0.1, 0.15) is 11.1 Å². The first-order chi connectivity index (χ1) is 12.0. The molecule has 1 heterocycles. The van der Waals surface area contributed by atoms with Crippen LogP contribution >= 0.6 is 0 Å². The molecule has 0 N–H and O–H groups in total. The van der Waals surface area contributed by atoms with Crippen LogP contribution in [0.15, 0.2) is 69.7 Å². The molecule has 3 aromatic rings. The molecule has 0 saturated heterocycles. The standard InChI is InChI=1S/C17H16N4O3S/c1-14-7-9-16(10-8-14)25(23,24)12-11-20-17(22)21(19-18-20)13-15-5-3-2-4-6-15/h2-12H,13H2,1H3/b12-11+. The molecule has 0 amide bonds. The Hall–Kier alpha value is -3.00. The third-order valence-corrected chi connectivity index (χ3v) is 4.98. The molecule has 0 saturated carbocycles. The van der Waals surface area contributed by atoms with Gasteiger partial charge in [-0.3, -0.25) is 0 Å². The highest BCUT2D eigenvalue weighted by atomic mass is 32.2. The van der Waals surface area contributed by atoms with Gasteiger partial charge in [0.1, 0.15) is 0 Å². The average Bonchev–Trinajstić information content (AvgIpc) is 2.95. The maximum absolute atomic E-state index is 12.3. The summed E-state index contributed by atoms with van der Waals surface area (Å²) in [5.41, 5.74) is 1.34. The van der Waals surface area contributed by atoms with E-state index < -0.39 is 15.5 Å². The smallest absolute Gasteiger partial charge is 0.244 e. The Labute approximate surface area is 144 Å². The Kier molecular flexibility index (Phi) is 4.62. The van der Waals surface area contributed by atoms with Gasteiger partial charge in [0.15, 0.2) is 0 Å². The van der Waals surface area contributed by atoms with Crippen molar-refractivity contribution in [3.05, 3.63) is 81.6 Å². The number of tetrazole rings is 1. The molecular formula is C17H16N4O3S. The fourth-order valence-electron chi connectivity index (χ4n) is 2.18. The molecule has 2 aromatic carbocycles. The van der Waals surface area contributed by atoms with Crippen molar-refractivity contribution in [1.82, 2.24) is 19.8 Å². The fraction of sp³-hybridized carbons (Fsp3) is 0.118. The lowest BCUT2D eigenvalue weighted by Gasteiger charge is -1.99. The number of rotatable bonds is 5. The van der Waals surface area contributed by atoms with Gasteiger partial charge in [-0.2, -0.15) is 9.36 Å². The number of hydrogen-bond acceptors (Lipinski definition) is 5. The van der Waals surface area contributed by atoms with Gasteiger partial charge in [0, 0.05) is 6.20 Å². The zero-order valence-corrected chi connectivity index (χ0v) is 14.3. The van der Waals surface area contributed by atoms with Gasteiger partial charge in [-0.05, 0) is 35.0 Å². The van der Waals surface area contributed by atoms with E-state index in [1.807, 2.05) is 37.3 Å². The number of hydrogen-bond donors (Lipinski definition) is 0. The maximum atomic E-state index is 12.3. The van der Waals surface area contributed by atoms with Crippen LogP contribution in [0.2, 0.25) is 0 Å². The monoisotopic (exact) mass is 356 g/mol. The summed E-state index contributed by atoms with van der Waals surface area (Å²) in [6, 6.07) is 15.8. The van der Waals surface area contributed by atoms with E-state index in [0.29, 0.717) is 0 Å². The van der Waals surface area contributed by atoms with E-state index in [1.165, 1.54) is 12.1 Å². The molecule has 0 aliphatic rings. The number of sulfone groups is 1. The largest absolute Gasteiger partial charge is 0.368 e. The highest BCUT2D eigenvalue weighted by molar-refractivity contribution is 7.94. The minimum Gasteiger partial charge on any atom is -0.244 e. The van der Waals surface area contributed by atoms with E-state index in [0.717, 1.165) is 32.1 Å². The van der Waals surface area contributed by atoms with E-state index >= 15 is 0 Å². The Morgan fingerprint density at radius 1 is 1.00 bits per heavy atom. The SMILES string of the molecule is Cc1ccc(S(=O)(=O)/C=C/n2nnn(Cc3ccccc3)c2=O)cc1. The van der Waals surface area contributed by atoms with Crippen molar-refractivity contribution in [2.24, 2.45) is 0 Å². The Morgan fingerprint density at radius 3 is 2.36 bits per heavy atom. The molecule has 0 aliphatic carbocycles. The van der Waals surface area contributed by atoms with Gasteiger partial charge in [-0.1, -0.05) is 48.0 Å². The maximum Gasteiger partial charge on any atom is 0.368 e. The number of nitrogens with zero attached hydrogens (tertiary/aromatic N) is 4. The second-order valence-electron chi connectivity index (χ2n) is 5.49. The van der Waals surface area contributed by atoms with Gasteiger partial charge in [0.05, 0.1) is 16.8 Å². The molecule has 0 bridgehead atoms. The molecular weight excluding hydrogens is 340 g/mol. The zero-order chi connectivity index (χ0) is 17.9. The molecule has 3 rings (SSSR count). The van der Waals surface area contributed by atoms with E-state index in [1.54, 1.807) is 12.1 Å². The summed E-state index contributed by atoms with van der Waals surface area (Å²) in [4.78, 5) is 12.4. The first-order valence-electron chi connectivity index (χ1n) is 7.52. The average molecular weight is 356 g/mol. The molecule has 0 aliphatic heterocycles. The van der Waals surface area contributed by atoms with E-state index in [9.17, 15) is 13.2 Å². The summed E-state index contributed by atoms with van der Waals surface area (Å²) in [7, 11) is -3.66. The van der Waals surface area contributed by atoms with Crippen LogP contribution in [0.4, 0.5) is 0 Å². The first kappa shape index (κ1) is 16.8. The molecule has 0 unspecified atom stereocenters. The zero-order valence-electron chi connectivity index (χ0n) is 13.5. The quantitative estimate of drug-likeness (QED) is 0.694. The van der Waals surface area contributed by atoms with Crippen LogP contribution in [-0.2, 0) is 16.4 Å². The fourth-order valence-corrected chi connectivity index (χ4v) is 3.13. The van der Waals surface area contributed by atoms with Gasteiger partial charge in [-0.25, -0.2) is 13.2 Å². The molecule has 0 radical (unpaired) electrons. The second kappa shape index (κ2) is 6.86. The summed E-state index contributed by atoms with van der Waals surface area (Å²) < 4.78 is 26.6. The predicted molar refractivity (Wildman–Crippen MR) is 93.5 cm³/mol. The lowest BCUT2D eigenvalue weighted by molar-refractivity contribution is 0.604. The van der Waals surface area contributed by atoms with Crippen LogP contribution < -0.4 is 5.69 Å². The minimum atomic E-state index is -3.66. The van der Waals surface area contributed by atoms with Crippen molar-refractivity contribution in [2.75, 3.05) is 0 Å². The highest BCUT2D eigenvalue weighted by Gasteiger charge is 2.11. The molecule has 25 heavy (non-hydrogen) atoms. The van der Waals surface area contributed by atoms with E-state index in [-0.39, 0.29) is 11.4 Å². The van der Waals surface area contributed by atoms with E-state index in [4.69, 9.17) is 0 Å². The third-order valence-electron chi connectivity index (χ3n) is 3.57. The lowest BCUT2D eigenvalue weighted by atomic mass is 10.2. The molecule has 7 nitrogen and oxygen atoms in total. The van der Waals surface area contributed by atoms with Crippen LogP contribution in [0.5, 0.6) is 0 Å². The minimum absolute atomic E-state index is 0.152. The summed E-state index contributed by atoms with van der Waals surface area (Å²) in [6.07, 6.45) is 1.10. The molecule has 0 fully saturated rings. The second-order valence-corrected chi connectivity index (χ2v) is 7.33. The Balaban J connectivity index is 1.82. The number of aromatic nitrogens is 4. The highest BCUT2D eigenvalue weighted by Crippen LogP contribution is 2.13. The van der Waals surface area contributed by atoms with Gasteiger partial charge < -0.3 is 0 Å². The first-order valence-corrected chi connectivity index (χ1v) is 9.06. The predicted octanol–water partition coefficient (Wildman–Crippen LogP) is 1.70. The summed E-state index contributed by atoms with van der Waals surface area (Å²) in [5, 5.41) is 8.40. The van der Waals surface area contributed by atoms with Crippen LogP contribution in [0.25, 0.3) is 6.20 Å². The van der Waals surface area contributed by atoms with Crippen molar-refractivity contribution < 1.29 is 8.42 Å². The summed E-state index contributed by atoms with van der Waals surface area (Å²) in [5.74, 6) is 0. The van der Waals surface area contributed by atoms with Gasteiger partial charge in [0.2, 0.25) is 9.84 Å². The van der Waals surface area contributed by atoms with Crippen molar-refractivity contribution >= 4 is 16.0 Å². The number of benzene rings is 2. The molecule has 8 heteroatoms. The van der Waals surface area contributed by atoms with Gasteiger partial charge in [-0.15, -0.1) is 0 Å². The summed E-state index contributed by atoms with van der Waals surface area (Å²) in [6.45, 7) is 2.13. The van der Waals surface area contributed by atoms with Gasteiger partial charge in [0.25, 0.3) is 0 Å². The Morgan fingerprint density at radius 2 is 1.68 bits per heavy atom. The van der Waals surface area contributed by atoms with Crippen molar-refractivity contribution in [2.45, 2.75) is 18.4 Å². The topological polar surface area (TPSA) is 86.8 Å². The number of aryl methyl sites for hydroxylation is 1. The normalized spacial score (nSPS) is 11.9. The van der Waals surface area contributed by atoms with Crippen molar-refractivity contribution in [1.29, 1.82) is 0 Å². The molecule has 128 valence electrons. The lowest BCUT2D eigenvalue weighted by Crippen LogP contribution is -2.23. The van der Waals surface area contributed by atoms with Crippen LogP contribution in [-0.4, -0.2) is 28.2 Å². The van der Waals surface area contributed by atoms with Crippen LogP contribution in [0.3, 0.4) is 0 Å². The van der Waals surface area contributed by atoms with Crippen molar-refractivity contribution in [3.8, 4) is 0 Å². The van der Waals surface area contributed by atoms with E-state index in [2.05, 4.69) is 10.4 Å². The van der Waals surface area contributed by atoms with Crippen LogP contribution in [0, 0.1) is 6.92 Å². The third kappa shape index (κ3) is 3.92. The Bertz CT molecular complexity index is 1050. The van der Waals surface area contributed by atoms with Gasteiger partial charge >= 0.3 is 5.69 Å². The van der Waals surface area contributed by atoms with Crippen molar-refractivity contribution in [3.63, 3.8) is 0 Å². The summed E-state index contributed by atoms with van der Waals surface area (Å²) >= 11 is 0.